The van der Waals surface area contributed by atoms with Crippen LogP contribution in [0.15, 0.2) is 10.7 Å². The minimum absolute atomic E-state index is 0.0316. The molecule has 1 aromatic heterocycles. The lowest BCUT2D eigenvalue weighted by Gasteiger charge is -2.16. The molecule has 0 aliphatic carbocycles. The highest BCUT2D eigenvalue weighted by Gasteiger charge is 2.11. The topological polar surface area (TPSA) is 76.5 Å². The van der Waals surface area contributed by atoms with Gasteiger partial charge in [0, 0.05) is 13.7 Å². The molecule has 96 valence electrons. The largest absolute Gasteiger partial charge is 0.480 e. The second-order valence-corrected chi connectivity index (χ2v) is 4.21. The molecule has 0 saturated heterocycles. The fourth-order valence-electron chi connectivity index (χ4n) is 1.30. The van der Waals surface area contributed by atoms with Crippen molar-refractivity contribution in [1.29, 1.82) is 0 Å². The first-order valence-electron chi connectivity index (χ1n) is 5.14. The standard InChI is InChI=1S/C10H16BrN3O3/c1-16-6-7(3-4-15)13-10-12-5-8(11)9(14-10)17-2/h5,7,15H,3-4,6H2,1-2H3,(H,12,13,14). The van der Waals surface area contributed by atoms with Crippen molar-refractivity contribution < 1.29 is 14.6 Å². The second kappa shape index (κ2) is 7.41. The van der Waals surface area contributed by atoms with Crippen molar-refractivity contribution in [2.45, 2.75) is 12.5 Å². The molecule has 1 heterocycles. The molecule has 1 rings (SSSR count). The van der Waals surface area contributed by atoms with Crippen LogP contribution < -0.4 is 10.1 Å². The number of nitrogens with one attached hydrogen (secondary N) is 1. The van der Waals surface area contributed by atoms with Crippen molar-refractivity contribution in [2.24, 2.45) is 0 Å². The molecule has 1 aromatic rings. The van der Waals surface area contributed by atoms with Crippen LogP contribution in [0.4, 0.5) is 5.95 Å². The summed E-state index contributed by atoms with van der Waals surface area (Å²) in [5, 5.41) is 12.0. The number of ether oxygens (including phenoxy) is 2. The highest BCUT2D eigenvalue weighted by Crippen LogP contribution is 2.22. The summed E-state index contributed by atoms with van der Waals surface area (Å²) in [4.78, 5) is 8.27. The van der Waals surface area contributed by atoms with E-state index in [9.17, 15) is 0 Å². The minimum atomic E-state index is -0.0316. The third-order valence-corrected chi connectivity index (χ3v) is 2.63. The maximum Gasteiger partial charge on any atom is 0.232 e. The molecule has 0 saturated carbocycles. The number of hydrogen-bond acceptors (Lipinski definition) is 6. The van der Waals surface area contributed by atoms with Crippen LogP contribution in [0.3, 0.4) is 0 Å². The van der Waals surface area contributed by atoms with Crippen molar-refractivity contribution in [3.63, 3.8) is 0 Å². The van der Waals surface area contributed by atoms with E-state index < -0.39 is 0 Å². The Morgan fingerprint density at radius 3 is 2.88 bits per heavy atom. The van der Waals surface area contributed by atoms with Gasteiger partial charge in [0.2, 0.25) is 11.8 Å². The van der Waals surface area contributed by atoms with Crippen molar-refractivity contribution in [2.75, 3.05) is 32.8 Å². The van der Waals surface area contributed by atoms with Gasteiger partial charge in [-0.1, -0.05) is 0 Å². The first-order valence-corrected chi connectivity index (χ1v) is 5.93. The van der Waals surface area contributed by atoms with Crippen LogP contribution in [-0.2, 0) is 4.74 Å². The summed E-state index contributed by atoms with van der Waals surface area (Å²) in [6.45, 7) is 0.553. The van der Waals surface area contributed by atoms with E-state index >= 15 is 0 Å². The van der Waals surface area contributed by atoms with Gasteiger partial charge in [0.05, 0.1) is 30.4 Å². The van der Waals surface area contributed by atoms with Gasteiger partial charge in [-0.15, -0.1) is 0 Å². The third kappa shape index (κ3) is 4.45. The van der Waals surface area contributed by atoms with E-state index in [4.69, 9.17) is 14.6 Å². The van der Waals surface area contributed by atoms with Crippen molar-refractivity contribution >= 4 is 21.9 Å². The number of halogens is 1. The van der Waals surface area contributed by atoms with Gasteiger partial charge in [-0.2, -0.15) is 4.98 Å². The molecule has 2 N–H and O–H groups in total. The quantitative estimate of drug-likeness (QED) is 0.784. The number of methoxy groups -OCH3 is 2. The molecule has 17 heavy (non-hydrogen) atoms. The van der Waals surface area contributed by atoms with Gasteiger partial charge in [-0.05, 0) is 22.4 Å². The zero-order valence-corrected chi connectivity index (χ0v) is 11.4. The average Bonchev–Trinajstić information content (AvgIpc) is 2.32. The molecule has 0 radical (unpaired) electrons. The van der Waals surface area contributed by atoms with Crippen LogP contribution >= 0.6 is 15.9 Å². The van der Waals surface area contributed by atoms with Crippen LogP contribution in [0, 0.1) is 0 Å². The van der Waals surface area contributed by atoms with Gasteiger partial charge in [0.15, 0.2) is 0 Å². The lowest BCUT2D eigenvalue weighted by Crippen LogP contribution is -2.27. The second-order valence-electron chi connectivity index (χ2n) is 3.36. The molecule has 0 aliphatic rings. The Morgan fingerprint density at radius 2 is 2.29 bits per heavy atom. The van der Waals surface area contributed by atoms with Crippen molar-refractivity contribution in [3.05, 3.63) is 10.7 Å². The van der Waals surface area contributed by atoms with Crippen LogP contribution in [0.2, 0.25) is 0 Å². The van der Waals surface area contributed by atoms with Crippen molar-refractivity contribution in [3.8, 4) is 5.88 Å². The molecular formula is C10H16BrN3O3. The Hall–Kier alpha value is -0.920. The van der Waals surface area contributed by atoms with Gasteiger partial charge in [-0.3, -0.25) is 0 Å². The summed E-state index contributed by atoms with van der Waals surface area (Å²) >= 11 is 3.28. The Labute approximate surface area is 108 Å². The normalized spacial score (nSPS) is 12.2. The van der Waals surface area contributed by atoms with Crippen LogP contribution in [0.5, 0.6) is 5.88 Å². The van der Waals surface area contributed by atoms with E-state index in [0.29, 0.717) is 29.3 Å². The molecule has 0 amide bonds. The summed E-state index contributed by atoms with van der Waals surface area (Å²) in [6, 6.07) is -0.0316. The van der Waals surface area contributed by atoms with Crippen LogP contribution in [-0.4, -0.2) is 48.5 Å². The zero-order valence-electron chi connectivity index (χ0n) is 9.81. The SMILES string of the molecule is COCC(CCO)Nc1ncc(Br)c(OC)n1. The lowest BCUT2D eigenvalue weighted by atomic mass is 10.2. The molecule has 0 fully saturated rings. The van der Waals surface area contributed by atoms with Gasteiger partial charge in [0.1, 0.15) is 0 Å². The summed E-state index contributed by atoms with van der Waals surface area (Å²) in [7, 11) is 3.15. The monoisotopic (exact) mass is 305 g/mol. The average molecular weight is 306 g/mol. The molecule has 1 atom stereocenters. The Kier molecular flexibility index (Phi) is 6.17. The fourth-order valence-corrected chi connectivity index (χ4v) is 1.65. The number of aliphatic hydroxyl groups is 1. The number of rotatable bonds is 7. The van der Waals surface area contributed by atoms with Gasteiger partial charge in [0.25, 0.3) is 0 Å². The van der Waals surface area contributed by atoms with E-state index in [1.54, 1.807) is 13.3 Å². The molecule has 6 nitrogen and oxygen atoms in total. The summed E-state index contributed by atoms with van der Waals surface area (Å²) < 4.78 is 10.8. The molecule has 0 aromatic carbocycles. The summed E-state index contributed by atoms with van der Waals surface area (Å²) in [5.41, 5.74) is 0. The highest BCUT2D eigenvalue weighted by atomic mass is 79.9. The maximum atomic E-state index is 8.92. The Morgan fingerprint density at radius 1 is 1.53 bits per heavy atom. The first kappa shape index (κ1) is 14.1. The fraction of sp³-hybridized carbons (Fsp3) is 0.600. The van der Waals surface area contributed by atoms with E-state index in [1.165, 1.54) is 7.11 Å². The first-order chi connectivity index (χ1) is 8.21. The van der Waals surface area contributed by atoms with E-state index in [-0.39, 0.29) is 12.6 Å². The van der Waals surface area contributed by atoms with Crippen LogP contribution in [0.25, 0.3) is 0 Å². The number of aliphatic hydroxyl groups excluding tert-OH is 1. The van der Waals surface area contributed by atoms with Gasteiger partial charge < -0.3 is 19.9 Å². The molecule has 1 unspecified atom stereocenters. The molecule has 0 spiro atoms. The number of aromatic nitrogens is 2. The number of anilines is 1. The predicted molar refractivity (Wildman–Crippen MR) is 67.3 cm³/mol. The number of hydrogen-bond donors (Lipinski definition) is 2. The highest BCUT2D eigenvalue weighted by molar-refractivity contribution is 9.10. The van der Waals surface area contributed by atoms with Gasteiger partial charge >= 0.3 is 0 Å². The lowest BCUT2D eigenvalue weighted by molar-refractivity contribution is 0.170. The summed E-state index contributed by atoms with van der Waals surface area (Å²) in [6.07, 6.45) is 2.17. The number of nitrogens with zero attached hydrogens (tertiary/aromatic N) is 2. The van der Waals surface area contributed by atoms with E-state index in [1.807, 2.05) is 0 Å². The third-order valence-electron chi connectivity index (χ3n) is 2.08. The van der Waals surface area contributed by atoms with E-state index in [0.717, 1.165) is 0 Å². The molecule has 0 aliphatic heterocycles. The minimum Gasteiger partial charge on any atom is -0.480 e. The van der Waals surface area contributed by atoms with Gasteiger partial charge in [-0.25, -0.2) is 4.98 Å². The van der Waals surface area contributed by atoms with Crippen molar-refractivity contribution in [1.82, 2.24) is 9.97 Å². The van der Waals surface area contributed by atoms with Crippen LogP contribution in [0.1, 0.15) is 6.42 Å². The molecule has 0 bridgehead atoms. The smallest absolute Gasteiger partial charge is 0.232 e. The molecular weight excluding hydrogens is 290 g/mol. The predicted octanol–water partition coefficient (Wildman–Crippen LogP) is 1.06. The Bertz CT molecular complexity index is 346. The zero-order chi connectivity index (χ0) is 12.7. The maximum absolute atomic E-state index is 8.92. The Balaban J connectivity index is 2.71. The van der Waals surface area contributed by atoms with E-state index in [2.05, 4.69) is 31.2 Å². The molecule has 7 heteroatoms. The summed E-state index contributed by atoms with van der Waals surface area (Å²) in [5.74, 6) is 0.906.